The summed E-state index contributed by atoms with van der Waals surface area (Å²) in [6, 6.07) is 0. The number of hydrogen-bond donors (Lipinski definition) is 2. The third kappa shape index (κ3) is 9.88. The van der Waals surface area contributed by atoms with Crippen LogP contribution >= 0.6 is 0 Å². The Morgan fingerprint density at radius 3 is 2.73 bits per heavy atom. The van der Waals surface area contributed by atoms with Crippen molar-refractivity contribution in [1.82, 2.24) is 5.32 Å². The topological polar surface area (TPSA) is 47.3 Å². The minimum absolute atomic E-state index is 0.728. The van der Waals surface area contributed by atoms with Gasteiger partial charge in [-0.25, -0.2) is 0 Å². The molecule has 3 heteroatoms. The van der Waals surface area contributed by atoms with E-state index in [1.807, 2.05) is 6.92 Å². The zero-order valence-electron chi connectivity index (χ0n) is 7.44. The maximum atomic E-state index is 5.30. The first kappa shape index (κ1) is 10.9. The predicted octanol–water partition coefficient (Wildman–Crippen LogP) is 0.351. The van der Waals surface area contributed by atoms with Crippen molar-refractivity contribution in [3.05, 3.63) is 0 Å². The van der Waals surface area contributed by atoms with Crippen LogP contribution in [-0.2, 0) is 4.74 Å². The average molecular weight is 160 g/mol. The van der Waals surface area contributed by atoms with E-state index in [4.69, 9.17) is 10.5 Å². The first-order valence-electron chi connectivity index (χ1n) is 4.40. The Hall–Kier alpha value is -0.120. The summed E-state index contributed by atoms with van der Waals surface area (Å²) in [6.07, 6.45) is 2.32. The lowest BCUT2D eigenvalue weighted by molar-refractivity contribution is 0.143. The summed E-state index contributed by atoms with van der Waals surface area (Å²) in [5.41, 5.74) is 5.30. The Morgan fingerprint density at radius 1 is 1.27 bits per heavy atom. The molecule has 3 nitrogen and oxygen atoms in total. The van der Waals surface area contributed by atoms with Crippen LogP contribution in [0, 0.1) is 0 Å². The van der Waals surface area contributed by atoms with Crippen molar-refractivity contribution >= 4 is 0 Å². The number of ether oxygens (including phenoxy) is 1. The first-order valence-corrected chi connectivity index (χ1v) is 4.40. The van der Waals surface area contributed by atoms with Crippen LogP contribution in [0.1, 0.15) is 19.8 Å². The molecule has 0 heterocycles. The third-order valence-corrected chi connectivity index (χ3v) is 1.42. The monoisotopic (exact) mass is 160 g/mol. The number of rotatable bonds is 8. The Kier molecular flexibility index (Phi) is 9.77. The molecular formula is C8H20N2O. The largest absolute Gasteiger partial charge is 0.382 e. The molecule has 3 N–H and O–H groups in total. The van der Waals surface area contributed by atoms with Gasteiger partial charge in [-0.3, -0.25) is 0 Å². The molecule has 0 aliphatic heterocycles. The lowest BCUT2D eigenvalue weighted by Gasteiger charge is -2.02. The van der Waals surface area contributed by atoms with E-state index in [0.717, 1.165) is 39.3 Å². The molecule has 68 valence electrons. The molecule has 0 bridgehead atoms. The molecule has 0 amide bonds. The summed E-state index contributed by atoms with van der Waals surface area (Å²) >= 11 is 0. The molecule has 0 aliphatic carbocycles. The van der Waals surface area contributed by atoms with Crippen LogP contribution in [0.2, 0.25) is 0 Å². The van der Waals surface area contributed by atoms with Crippen LogP contribution in [0.5, 0.6) is 0 Å². The van der Waals surface area contributed by atoms with E-state index in [1.54, 1.807) is 0 Å². The quantitative estimate of drug-likeness (QED) is 0.504. The molecule has 0 fully saturated rings. The van der Waals surface area contributed by atoms with Crippen LogP contribution in [0.3, 0.4) is 0 Å². The summed E-state index contributed by atoms with van der Waals surface area (Å²) in [5.74, 6) is 0. The highest BCUT2D eigenvalue weighted by Crippen LogP contribution is 1.87. The van der Waals surface area contributed by atoms with Gasteiger partial charge in [-0.05, 0) is 26.3 Å². The second-order valence-corrected chi connectivity index (χ2v) is 2.44. The lowest BCUT2D eigenvalue weighted by atomic mass is 10.3. The fourth-order valence-corrected chi connectivity index (χ4v) is 0.826. The Morgan fingerprint density at radius 2 is 2.09 bits per heavy atom. The van der Waals surface area contributed by atoms with Crippen LogP contribution < -0.4 is 11.1 Å². The van der Waals surface area contributed by atoms with E-state index < -0.39 is 0 Å². The molecule has 0 spiro atoms. The highest BCUT2D eigenvalue weighted by molar-refractivity contribution is 4.47. The van der Waals surface area contributed by atoms with Gasteiger partial charge >= 0.3 is 0 Å². The van der Waals surface area contributed by atoms with Crippen LogP contribution in [-0.4, -0.2) is 32.8 Å². The first-order chi connectivity index (χ1) is 5.41. The van der Waals surface area contributed by atoms with Gasteiger partial charge in [0.05, 0.1) is 0 Å². The van der Waals surface area contributed by atoms with Gasteiger partial charge < -0.3 is 15.8 Å². The molecule has 0 rings (SSSR count). The van der Waals surface area contributed by atoms with Gasteiger partial charge in [0, 0.05) is 26.3 Å². The zero-order valence-corrected chi connectivity index (χ0v) is 7.44. The Labute approximate surface area is 69.3 Å². The molecule has 0 aromatic carbocycles. The van der Waals surface area contributed by atoms with Crippen molar-refractivity contribution in [1.29, 1.82) is 0 Å². The van der Waals surface area contributed by atoms with Crippen LogP contribution in [0.4, 0.5) is 0 Å². The van der Waals surface area contributed by atoms with E-state index in [2.05, 4.69) is 5.32 Å². The summed E-state index contributed by atoms with van der Waals surface area (Å²) < 4.78 is 5.19. The highest BCUT2D eigenvalue weighted by Gasteiger charge is 1.87. The molecule has 0 aromatic rings. The van der Waals surface area contributed by atoms with Crippen molar-refractivity contribution in [3.63, 3.8) is 0 Å². The molecule has 0 aromatic heterocycles. The van der Waals surface area contributed by atoms with Gasteiger partial charge in [-0.2, -0.15) is 0 Å². The van der Waals surface area contributed by atoms with E-state index in [9.17, 15) is 0 Å². The molecule has 0 radical (unpaired) electrons. The predicted molar refractivity (Wildman–Crippen MR) is 47.7 cm³/mol. The van der Waals surface area contributed by atoms with E-state index in [1.165, 1.54) is 6.42 Å². The van der Waals surface area contributed by atoms with Gasteiger partial charge in [-0.1, -0.05) is 0 Å². The smallest absolute Gasteiger partial charge is 0.0466 e. The molecule has 0 saturated carbocycles. The van der Waals surface area contributed by atoms with Crippen molar-refractivity contribution in [3.8, 4) is 0 Å². The minimum atomic E-state index is 0.728. The number of nitrogens with two attached hydrogens (primary N) is 1. The van der Waals surface area contributed by atoms with Gasteiger partial charge in [-0.15, -0.1) is 0 Å². The highest BCUT2D eigenvalue weighted by atomic mass is 16.5. The standard InChI is InChI=1S/C8H20N2O/c1-2-11-8-4-3-6-10-7-5-9/h10H,2-9H2,1H3. The second kappa shape index (κ2) is 9.88. The van der Waals surface area contributed by atoms with E-state index in [-0.39, 0.29) is 0 Å². The molecule has 0 unspecified atom stereocenters. The van der Waals surface area contributed by atoms with Gasteiger partial charge in [0.15, 0.2) is 0 Å². The second-order valence-electron chi connectivity index (χ2n) is 2.44. The van der Waals surface area contributed by atoms with Crippen molar-refractivity contribution in [2.45, 2.75) is 19.8 Å². The summed E-state index contributed by atoms with van der Waals surface area (Å²) in [4.78, 5) is 0. The number of nitrogens with one attached hydrogen (secondary N) is 1. The van der Waals surface area contributed by atoms with Crippen molar-refractivity contribution < 1.29 is 4.74 Å². The van der Waals surface area contributed by atoms with Gasteiger partial charge in [0.25, 0.3) is 0 Å². The molecular weight excluding hydrogens is 140 g/mol. The minimum Gasteiger partial charge on any atom is -0.382 e. The molecule has 0 aliphatic rings. The Bertz CT molecular complexity index is 61.1. The normalized spacial score (nSPS) is 10.4. The van der Waals surface area contributed by atoms with Crippen molar-refractivity contribution in [2.75, 3.05) is 32.8 Å². The zero-order chi connectivity index (χ0) is 8.36. The van der Waals surface area contributed by atoms with Crippen molar-refractivity contribution in [2.24, 2.45) is 5.73 Å². The fraction of sp³-hybridized carbons (Fsp3) is 1.00. The summed E-state index contributed by atoms with van der Waals surface area (Å²) in [7, 11) is 0. The van der Waals surface area contributed by atoms with Crippen LogP contribution in [0.15, 0.2) is 0 Å². The molecule has 11 heavy (non-hydrogen) atoms. The van der Waals surface area contributed by atoms with Crippen LogP contribution in [0.25, 0.3) is 0 Å². The summed E-state index contributed by atoms with van der Waals surface area (Å²) in [5, 5.41) is 3.23. The molecule has 0 saturated heterocycles. The van der Waals surface area contributed by atoms with E-state index >= 15 is 0 Å². The van der Waals surface area contributed by atoms with Gasteiger partial charge in [0.2, 0.25) is 0 Å². The maximum absolute atomic E-state index is 5.30. The number of hydrogen-bond acceptors (Lipinski definition) is 3. The number of unbranched alkanes of at least 4 members (excludes halogenated alkanes) is 1. The lowest BCUT2D eigenvalue weighted by Crippen LogP contribution is -2.23. The average Bonchev–Trinajstić information content (AvgIpc) is 2.03. The third-order valence-electron chi connectivity index (χ3n) is 1.42. The SMILES string of the molecule is CCOCCCCNCCN. The fourth-order valence-electron chi connectivity index (χ4n) is 0.826. The maximum Gasteiger partial charge on any atom is 0.0466 e. The van der Waals surface area contributed by atoms with Gasteiger partial charge in [0.1, 0.15) is 0 Å². The Balaban J connectivity index is 2.69. The molecule has 0 atom stereocenters. The summed E-state index contributed by atoms with van der Waals surface area (Å²) in [6.45, 7) is 6.45. The van der Waals surface area contributed by atoms with E-state index in [0.29, 0.717) is 0 Å².